The number of hydrogen-bond donors (Lipinski definition) is 3. The number of phenolic OH excluding ortho intramolecular Hbond substituents is 1. The van der Waals surface area contributed by atoms with Crippen LogP contribution in [-0.2, 0) is 11.3 Å². The van der Waals surface area contributed by atoms with Crippen LogP contribution in [0.25, 0.3) is 10.1 Å². The number of benzene rings is 2. The first-order valence-corrected chi connectivity index (χ1v) is 12.1. The summed E-state index contributed by atoms with van der Waals surface area (Å²) in [6.45, 7) is 8.01. The Morgan fingerprint density at radius 2 is 1.79 bits per heavy atom. The van der Waals surface area contributed by atoms with Gasteiger partial charge in [-0.05, 0) is 44.0 Å². The lowest BCUT2D eigenvalue weighted by atomic mass is 9.98. The molecule has 4 N–H and O–H groups in total. The van der Waals surface area contributed by atoms with Crippen LogP contribution in [0.2, 0.25) is 10.0 Å². The highest BCUT2D eigenvalue weighted by molar-refractivity contribution is 7.24. The van der Waals surface area contributed by atoms with Crippen LogP contribution in [0, 0.1) is 0 Å². The van der Waals surface area contributed by atoms with E-state index < -0.39 is 11.8 Å². The SMILES string of the molecule is CCC(C)(C)N(Cc1ccc(C(=O)Nc2sc3c(Cl)c(O)c(Cl)cc3c2C(N)=O)cc1)C(C)=O. The van der Waals surface area contributed by atoms with E-state index in [-0.39, 0.29) is 37.8 Å². The number of thiophene rings is 1. The van der Waals surface area contributed by atoms with E-state index in [1.165, 1.54) is 6.07 Å². The van der Waals surface area contributed by atoms with Gasteiger partial charge in [0.25, 0.3) is 11.8 Å². The molecule has 3 aromatic rings. The van der Waals surface area contributed by atoms with Crippen molar-refractivity contribution in [1.29, 1.82) is 0 Å². The van der Waals surface area contributed by atoms with Crippen LogP contribution in [0.4, 0.5) is 5.00 Å². The van der Waals surface area contributed by atoms with E-state index in [2.05, 4.69) is 5.32 Å². The summed E-state index contributed by atoms with van der Waals surface area (Å²) in [6.07, 6.45) is 0.803. The number of nitrogens with zero attached hydrogens (tertiary/aromatic N) is 1. The molecule has 0 spiro atoms. The Morgan fingerprint density at radius 3 is 2.32 bits per heavy atom. The van der Waals surface area contributed by atoms with Crippen LogP contribution in [0.1, 0.15) is 60.4 Å². The van der Waals surface area contributed by atoms with Gasteiger partial charge in [-0.25, -0.2) is 0 Å². The lowest BCUT2D eigenvalue weighted by molar-refractivity contribution is -0.135. The average Bonchev–Trinajstić information content (AvgIpc) is 3.13. The predicted octanol–water partition coefficient (Wildman–Crippen LogP) is 5.80. The zero-order valence-electron chi connectivity index (χ0n) is 19.2. The number of aromatic hydroxyl groups is 1. The van der Waals surface area contributed by atoms with Crippen molar-refractivity contribution in [2.45, 2.75) is 46.2 Å². The smallest absolute Gasteiger partial charge is 0.256 e. The van der Waals surface area contributed by atoms with Gasteiger partial charge in [0.2, 0.25) is 5.91 Å². The van der Waals surface area contributed by atoms with Gasteiger partial charge in [0, 0.05) is 30.0 Å². The minimum Gasteiger partial charge on any atom is -0.505 e. The van der Waals surface area contributed by atoms with Crippen molar-refractivity contribution in [3.8, 4) is 5.75 Å². The molecule has 0 radical (unpaired) electrons. The summed E-state index contributed by atoms with van der Waals surface area (Å²) in [5.74, 6) is -1.56. The van der Waals surface area contributed by atoms with Gasteiger partial charge in [-0.2, -0.15) is 0 Å². The molecule has 34 heavy (non-hydrogen) atoms. The van der Waals surface area contributed by atoms with E-state index >= 15 is 0 Å². The Bertz CT molecular complexity index is 1290. The minimum atomic E-state index is -0.766. The molecular weight excluding hydrogens is 497 g/mol. The van der Waals surface area contributed by atoms with Crippen molar-refractivity contribution in [2.75, 3.05) is 5.32 Å². The lowest BCUT2D eigenvalue weighted by Gasteiger charge is -2.37. The normalized spacial score (nSPS) is 11.5. The molecule has 0 unspecified atom stereocenters. The number of nitrogens with one attached hydrogen (secondary N) is 1. The highest BCUT2D eigenvalue weighted by atomic mass is 35.5. The third kappa shape index (κ3) is 4.99. The molecule has 2 aromatic carbocycles. The first-order chi connectivity index (χ1) is 15.9. The van der Waals surface area contributed by atoms with Gasteiger partial charge in [0.1, 0.15) is 10.0 Å². The van der Waals surface area contributed by atoms with Gasteiger partial charge < -0.3 is 21.1 Å². The Labute approximate surface area is 211 Å². The standard InChI is InChI=1S/C24H25Cl2N3O4S/c1-5-24(3,4)29(12(2)30)11-13-6-8-14(9-7-13)22(33)28-23-17(21(27)32)15-10-16(25)19(31)18(26)20(15)34-23/h6-10,31H,5,11H2,1-4H3,(H2,27,32)(H,28,33). The van der Waals surface area contributed by atoms with Crippen molar-refractivity contribution in [3.63, 3.8) is 0 Å². The second-order valence-electron chi connectivity index (χ2n) is 8.49. The number of hydrogen-bond acceptors (Lipinski definition) is 5. The number of anilines is 1. The van der Waals surface area contributed by atoms with E-state index in [0.717, 1.165) is 23.3 Å². The van der Waals surface area contributed by atoms with Gasteiger partial charge in [0.15, 0.2) is 5.75 Å². The minimum absolute atomic E-state index is 0.0233. The molecule has 3 rings (SSSR count). The molecule has 10 heteroatoms. The number of nitrogens with two attached hydrogens (primary N) is 1. The summed E-state index contributed by atoms with van der Waals surface area (Å²) in [5, 5.41) is 13.2. The number of primary amides is 1. The third-order valence-corrected chi connectivity index (χ3v) is 7.76. The number of carbonyl (C=O) groups excluding carboxylic acids is 3. The number of rotatable bonds is 7. The van der Waals surface area contributed by atoms with Crippen LogP contribution in [0.3, 0.4) is 0 Å². The third-order valence-electron chi connectivity index (χ3n) is 5.86. The van der Waals surface area contributed by atoms with E-state index in [1.54, 1.807) is 36.1 Å². The molecule has 0 aliphatic rings. The Kier molecular flexibility index (Phi) is 7.45. The molecule has 0 saturated carbocycles. The van der Waals surface area contributed by atoms with E-state index in [9.17, 15) is 19.5 Å². The number of carbonyl (C=O) groups is 3. The summed E-state index contributed by atoms with van der Waals surface area (Å²) in [7, 11) is 0. The van der Waals surface area contributed by atoms with Crippen LogP contribution in [0.5, 0.6) is 5.75 Å². The summed E-state index contributed by atoms with van der Waals surface area (Å²) < 4.78 is 0.380. The topological polar surface area (TPSA) is 113 Å². The number of fused-ring (bicyclic) bond motifs is 1. The molecule has 0 aliphatic carbocycles. The van der Waals surface area contributed by atoms with Crippen LogP contribution >= 0.6 is 34.5 Å². The van der Waals surface area contributed by atoms with Crippen molar-refractivity contribution < 1.29 is 19.5 Å². The summed E-state index contributed by atoms with van der Waals surface area (Å²) in [4.78, 5) is 39.0. The molecule has 7 nitrogen and oxygen atoms in total. The first kappa shape index (κ1) is 25.8. The summed E-state index contributed by atoms with van der Waals surface area (Å²) >= 11 is 13.2. The predicted molar refractivity (Wildman–Crippen MR) is 137 cm³/mol. The van der Waals surface area contributed by atoms with Crippen molar-refractivity contribution in [3.05, 3.63) is 57.1 Å². The maximum Gasteiger partial charge on any atom is 0.256 e. The quantitative estimate of drug-likeness (QED) is 0.364. The maximum absolute atomic E-state index is 12.9. The van der Waals surface area contributed by atoms with Gasteiger partial charge in [0.05, 0.1) is 15.3 Å². The van der Waals surface area contributed by atoms with E-state index in [0.29, 0.717) is 22.2 Å². The Morgan fingerprint density at radius 1 is 1.18 bits per heavy atom. The van der Waals surface area contributed by atoms with Gasteiger partial charge in [-0.3, -0.25) is 14.4 Å². The van der Waals surface area contributed by atoms with Gasteiger partial charge >= 0.3 is 0 Å². The van der Waals surface area contributed by atoms with Crippen molar-refractivity contribution in [1.82, 2.24) is 4.90 Å². The second-order valence-corrected chi connectivity index (χ2v) is 10.3. The van der Waals surface area contributed by atoms with Gasteiger partial charge in [-0.1, -0.05) is 42.3 Å². The molecule has 0 aliphatic heterocycles. The second kappa shape index (κ2) is 9.82. The molecule has 0 fully saturated rings. The highest BCUT2D eigenvalue weighted by Crippen LogP contribution is 2.46. The highest BCUT2D eigenvalue weighted by Gasteiger charge is 2.27. The molecule has 0 atom stereocenters. The number of amides is 3. The van der Waals surface area contributed by atoms with Gasteiger partial charge in [-0.15, -0.1) is 11.3 Å². The van der Waals surface area contributed by atoms with E-state index in [1.807, 2.05) is 20.8 Å². The molecular formula is C24H25Cl2N3O4S. The molecule has 1 aromatic heterocycles. The zero-order valence-corrected chi connectivity index (χ0v) is 21.5. The number of halogens is 2. The molecule has 0 saturated heterocycles. The molecule has 180 valence electrons. The fraction of sp³-hybridized carbons (Fsp3) is 0.292. The maximum atomic E-state index is 12.9. The average molecular weight is 522 g/mol. The first-order valence-electron chi connectivity index (χ1n) is 10.5. The Balaban J connectivity index is 1.88. The molecule has 0 bridgehead atoms. The zero-order chi connectivity index (χ0) is 25.4. The summed E-state index contributed by atoms with van der Waals surface area (Å²) in [6, 6.07) is 8.25. The fourth-order valence-corrected chi connectivity index (χ4v) is 5.24. The van der Waals surface area contributed by atoms with E-state index in [4.69, 9.17) is 28.9 Å². The van der Waals surface area contributed by atoms with Crippen LogP contribution in [0.15, 0.2) is 30.3 Å². The van der Waals surface area contributed by atoms with Crippen molar-refractivity contribution in [2.24, 2.45) is 5.73 Å². The largest absolute Gasteiger partial charge is 0.505 e. The lowest BCUT2D eigenvalue weighted by Crippen LogP contribution is -2.45. The molecule has 1 heterocycles. The number of phenols is 1. The summed E-state index contributed by atoms with van der Waals surface area (Å²) in [5.41, 5.74) is 6.55. The fourth-order valence-electron chi connectivity index (χ4n) is 3.55. The molecule has 3 amide bonds. The van der Waals surface area contributed by atoms with Crippen LogP contribution < -0.4 is 11.1 Å². The van der Waals surface area contributed by atoms with Crippen LogP contribution in [-0.4, -0.2) is 33.3 Å². The monoisotopic (exact) mass is 521 g/mol. The Hall–Kier alpha value is -2.81. The van der Waals surface area contributed by atoms with Crippen molar-refractivity contribution >= 4 is 67.3 Å².